The van der Waals surface area contributed by atoms with Crippen LogP contribution in [0.2, 0.25) is 0 Å². The van der Waals surface area contributed by atoms with Gasteiger partial charge in [0.25, 0.3) is 0 Å². The third-order valence-electron chi connectivity index (χ3n) is 5.44. The van der Waals surface area contributed by atoms with Crippen molar-refractivity contribution >= 4 is 10.1 Å². The van der Waals surface area contributed by atoms with Crippen LogP contribution in [0.1, 0.15) is 129 Å². The molecule has 0 fully saturated rings. The van der Waals surface area contributed by atoms with Crippen LogP contribution >= 0.6 is 0 Å². The monoisotopic (exact) mass is 444 g/mol. The molecule has 0 amide bonds. The van der Waals surface area contributed by atoms with Crippen LogP contribution in [0.5, 0.6) is 0 Å². The molecular weight excluding hydrogens is 399 g/mol. The molecule has 0 aliphatic rings. The molecule has 0 spiro atoms. The smallest absolute Gasteiger partial charge is 0.748 e. The molecule has 164 valence electrons. The van der Waals surface area contributed by atoms with Crippen molar-refractivity contribution in [1.82, 2.24) is 0 Å². The number of rotatable bonds is 20. The van der Waals surface area contributed by atoms with E-state index >= 15 is 0 Å². The summed E-state index contributed by atoms with van der Waals surface area (Å²) in [5.74, 6) is 0. The van der Waals surface area contributed by atoms with Crippen molar-refractivity contribution in [2.45, 2.75) is 141 Å². The van der Waals surface area contributed by atoms with Crippen molar-refractivity contribution < 1.29 is 69.5 Å². The van der Waals surface area contributed by atoms with Crippen molar-refractivity contribution in [2.75, 3.05) is 0 Å². The van der Waals surface area contributed by atoms with E-state index in [2.05, 4.69) is 6.92 Å². The fourth-order valence-electron chi connectivity index (χ4n) is 3.63. The Kier molecular flexibility index (Phi) is 24.6. The summed E-state index contributed by atoms with van der Waals surface area (Å²) < 4.78 is 34.4. The molecule has 0 aliphatic heterocycles. The molecule has 0 saturated carbocycles. The van der Waals surface area contributed by atoms with E-state index in [9.17, 15) is 18.1 Å². The van der Waals surface area contributed by atoms with Crippen LogP contribution in [-0.4, -0.2) is 29.4 Å². The second kappa shape index (κ2) is 21.7. The summed E-state index contributed by atoms with van der Waals surface area (Å²) in [6.45, 7) is 4.03. The molecule has 0 saturated heterocycles. The maximum Gasteiger partial charge on any atom is 1.00 e. The summed E-state index contributed by atoms with van der Waals surface area (Å²) in [6.07, 6.45) is 18.8. The van der Waals surface area contributed by atoms with E-state index < -0.39 is 15.4 Å². The van der Waals surface area contributed by atoms with Gasteiger partial charge in [-0.05, 0) is 26.2 Å². The first-order valence-corrected chi connectivity index (χ1v) is 13.0. The van der Waals surface area contributed by atoms with Gasteiger partial charge in [-0.3, -0.25) is 0 Å². The Bertz CT molecular complexity index is 413. The normalized spacial score (nSPS) is 13.9. The van der Waals surface area contributed by atoms with Gasteiger partial charge in [0.1, 0.15) is 0 Å². The van der Waals surface area contributed by atoms with Crippen molar-refractivity contribution in [1.29, 1.82) is 0 Å². The second-order valence-electron chi connectivity index (χ2n) is 8.28. The molecule has 28 heavy (non-hydrogen) atoms. The van der Waals surface area contributed by atoms with Gasteiger partial charge in [-0.25, -0.2) is 8.42 Å². The van der Waals surface area contributed by atoms with Crippen molar-refractivity contribution in [3.8, 4) is 0 Å². The molecule has 0 aromatic carbocycles. The molecule has 0 aliphatic carbocycles. The Morgan fingerprint density at radius 1 is 0.679 bits per heavy atom. The van der Waals surface area contributed by atoms with E-state index in [-0.39, 0.29) is 57.5 Å². The number of aliphatic hydroxyl groups is 1. The maximum absolute atomic E-state index is 11.5. The molecule has 0 radical (unpaired) electrons. The van der Waals surface area contributed by atoms with E-state index in [0.29, 0.717) is 12.8 Å². The zero-order chi connectivity index (χ0) is 20.4. The average molecular weight is 445 g/mol. The van der Waals surface area contributed by atoms with Crippen LogP contribution in [0.4, 0.5) is 0 Å². The fraction of sp³-hybridized carbons (Fsp3) is 1.00. The first kappa shape index (κ1) is 31.7. The molecule has 2 atom stereocenters. The summed E-state index contributed by atoms with van der Waals surface area (Å²) in [6, 6.07) is 0. The van der Waals surface area contributed by atoms with Gasteiger partial charge >= 0.3 is 51.4 Å². The molecule has 2 unspecified atom stereocenters. The Morgan fingerprint density at radius 3 is 1.32 bits per heavy atom. The van der Waals surface area contributed by atoms with E-state index in [1.165, 1.54) is 44.9 Å². The van der Waals surface area contributed by atoms with Crippen LogP contribution in [-0.2, 0) is 10.1 Å². The standard InChI is InChI=1S/C22H46O4S.K/c1-3-4-5-6-7-8-9-10-13-16-19-22(27(24,25)26)20-17-14-11-12-15-18-21(2)23;/h21-23H,3-20H2,1-2H3,(H,24,25,26);/q;+1/p-1. The van der Waals surface area contributed by atoms with Gasteiger partial charge in [0.05, 0.1) is 16.2 Å². The van der Waals surface area contributed by atoms with Gasteiger partial charge in [-0.2, -0.15) is 0 Å². The van der Waals surface area contributed by atoms with Crippen LogP contribution in [0, 0.1) is 0 Å². The number of aliphatic hydroxyl groups excluding tert-OH is 1. The summed E-state index contributed by atoms with van der Waals surface area (Å²) in [7, 11) is -4.17. The van der Waals surface area contributed by atoms with Crippen molar-refractivity contribution in [3.05, 3.63) is 0 Å². The first-order valence-electron chi connectivity index (χ1n) is 11.5. The molecule has 0 aromatic heterocycles. The molecule has 1 N–H and O–H groups in total. The molecule has 4 nitrogen and oxygen atoms in total. The minimum absolute atomic E-state index is 0. The minimum atomic E-state index is -4.17. The Hall–Kier alpha value is 1.51. The summed E-state index contributed by atoms with van der Waals surface area (Å²) in [5.41, 5.74) is 0. The van der Waals surface area contributed by atoms with E-state index in [0.717, 1.165) is 57.8 Å². The fourth-order valence-corrected chi connectivity index (χ4v) is 4.55. The van der Waals surface area contributed by atoms with Gasteiger partial charge in [-0.15, -0.1) is 0 Å². The molecule has 6 heteroatoms. The molecule has 0 bridgehead atoms. The zero-order valence-corrected chi connectivity index (χ0v) is 22.9. The number of unbranched alkanes of at least 4 members (excludes halogenated alkanes) is 13. The average Bonchev–Trinajstić information content (AvgIpc) is 2.59. The largest absolute Gasteiger partial charge is 1.00 e. The molecule has 0 rings (SSSR count). The topological polar surface area (TPSA) is 77.4 Å². The number of hydrogen-bond donors (Lipinski definition) is 1. The molecule has 0 heterocycles. The third-order valence-corrected chi connectivity index (χ3v) is 6.72. The predicted molar refractivity (Wildman–Crippen MR) is 114 cm³/mol. The molecular formula is C22H45KO4S. The van der Waals surface area contributed by atoms with Crippen LogP contribution in [0.3, 0.4) is 0 Å². The van der Waals surface area contributed by atoms with Crippen LogP contribution in [0.15, 0.2) is 0 Å². The van der Waals surface area contributed by atoms with Crippen LogP contribution < -0.4 is 51.4 Å². The summed E-state index contributed by atoms with van der Waals surface area (Å²) in [5, 5.41) is 8.52. The summed E-state index contributed by atoms with van der Waals surface area (Å²) in [4.78, 5) is 0. The Balaban J connectivity index is 0. The Morgan fingerprint density at radius 2 is 1.00 bits per heavy atom. The van der Waals surface area contributed by atoms with E-state index in [1.807, 2.05) is 0 Å². The van der Waals surface area contributed by atoms with Gasteiger partial charge in [-0.1, -0.05) is 103 Å². The minimum Gasteiger partial charge on any atom is -0.748 e. The zero-order valence-electron chi connectivity index (χ0n) is 19.0. The van der Waals surface area contributed by atoms with Gasteiger partial charge < -0.3 is 9.66 Å². The Labute approximate surface area is 218 Å². The predicted octanol–water partition coefficient (Wildman–Crippen LogP) is 3.33. The van der Waals surface area contributed by atoms with Gasteiger partial charge in [0.2, 0.25) is 0 Å². The first-order chi connectivity index (χ1) is 12.9. The summed E-state index contributed by atoms with van der Waals surface area (Å²) >= 11 is 0. The van der Waals surface area contributed by atoms with E-state index in [1.54, 1.807) is 6.92 Å². The second-order valence-corrected chi connectivity index (χ2v) is 9.93. The van der Waals surface area contributed by atoms with Crippen molar-refractivity contribution in [2.24, 2.45) is 0 Å². The molecule has 0 aromatic rings. The SMILES string of the molecule is CCCCCCCCCCCCC(CCCCCCCC(C)O)S(=O)(=O)[O-].[K+]. The number of hydrogen-bond acceptors (Lipinski definition) is 4. The quantitative estimate of drug-likeness (QED) is 0.177. The van der Waals surface area contributed by atoms with E-state index in [4.69, 9.17) is 0 Å². The van der Waals surface area contributed by atoms with Gasteiger partial charge in [0, 0.05) is 5.25 Å². The van der Waals surface area contributed by atoms with Gasteiger partial charge in [0.15, 0.2) is 0 Å². The van der Waals surface area contributed by atoms with Crippen molar-refractivity contribution in [3.63, 3.8) is 0 Å². The third kappa shape index (κ3) is 22.2. The van der Waals surface area contributed by atoms with Crippen LogP contribution in [0.25, 0.3) is 0 Å². The maximum atomic E-state index is 11.5.